The van der Waals surface area contributed by atoms with Crippen LogP contribution in [-0.2, 0) is 6.42 Å². The van der Waals surface area contributed by atoms with Gasteiger partial charge in [0.25, 0.3) is 0 Å². The van der Waals surface area contributed by atoms with E-state index in [0.717, 1.165) is 17.9 Å². The molecule has 0 fully saturated rings. The summed E-state index contributed by atoms with van der Waals surface area (Å²) in [4.78, 5) is 11.0. The Morgan fingerprint density at radius 2 is 1.80 bits per heavy atom. The fourth-order valence-corrected chi connectivity index (χ4v) is 1.32. The minimum Gasteiger partial charge on any atom is -0.356 e. The van der Waals surface area contributed by atoms with Crippen molar-refractivity contribution in [2.75, 3.05) is 11.9 Å². The van der Waals surface area contributed by atoms with Crippen molar-refractivity contribution in [2.45, 2.75) is 40.2 Å². The van der Waals surface area contributed by atoms with E-state index < -0.39 is 0 Å². The summed E-state index contributed by atoms with van der Waals surface area (Å²) in [5.41, 5.74) is 1.07. The first-order valence-electron chi connectivity index (χ1n) is 5.54. The monoisotopic (exact) mass is 207 g/mol. The van der Waals surface area contributed by atoms with Crippen molar-refractivity contribution in [3.63, 3.8) is 0 Å². The molecule has 0 amide bonds. The Labute approximate surface area is 92.6 Å². The van der Waals surface area contributed by atoms with Crippen LogP contribution in [0.3, 0.4) is 0 Å². The van der Waals surface area contributed by atoms with E-state index in [1.54, 1.807) is 0 Å². The lowest BCUT2D eigenvalue weighted by atomic mass is 10.1. The standard InChI is InChI=1S/C12H21N3/c1-9(2)6-11-7-14-12(8-13-11)15(5)10(3)4/h7-10H,6H2,1-5H3. The molecule has 1 heterocycles. The van der Waals surface area contributed by atoms with E-state index >= 15 is 0 Å². The topological polar surface area (TPSA) is 29.0 Å². The molecule has 0 atom stereocenters. The first-order chi connectivity index (χ1) is 7.00. The zero-order chi connectivity index (χ0) is 11.4. The number of anilines is 1. The molecule has 1 aromatic heterocycles. The molecule has 0 radical (unpaired) electrons. The van der Waals surface area contributed by atoms with Crippen LogP contribution in [0.5, 0.6) is 0 Å². The average molecular weight is 207 g/mol. The minimum absolute atomic E-state index is 0.454. The van der Waals surface area contributed by atoms with E-state index in [9.17, 15) is 0 Å². The molecule has 0 aliphatic rings. The third kappa shape index (κ3) is 3.50. The molecule has 0 aromatic carbocycles. The largest absolute Gasteiger partial charge is 0.356 e. The van der Waals surface area contributed by atoms with Gasteiger partial charge < -0.3 is 4.90 Å². The van der Waals surface area contributed by atoms with Crippen LogP contribution >= 0.6 is 0 Å². The fourth-order valence-electron chi connectivity index (χ4n) is 1.32. The number of hydrogen-bond acceptors (Lipinski definition) is 3. The quantitative estimate of drug-likeness (QED) is 0.759. The van der Waals surface area contributed by atoms with Crippen LogP contribution < -0.4 is 4.90 Å². The molecule has 1 rings (SSSR count). The van der Waals surface area contributed by atoms with Gasteiger partial charge in [-0.3, -0.25) is 4.98 Å². The lowest BCUT2D eigenvalue weighted by molar-refractivity contribution is 0.632. The highest BCUT2D eigenvalue weighted by molar-refractivity contribution is 5.35. The molecule has 0 aliphatic heterocycles. The van der Waals surface area contributed by atoms with E-state index in [1.807, 2.05) is 19.4 Å². The smallest absolute Gasteiger partial charge is 0.147 e. The normalized spacial score (nSPS) is 11.1. The Hall–Kier alpha value is -1.12. The number of aromatic nitrogens is 2. The van der Waals surface area contributed by atoms with Gasteiger partial charge in [0, 0.05) is 13.1 Å². The summed E-state index contributed by atoms with van der Waals surface area (Å²) in [6, 6.07) is 0.454. The third-order valence-corrected chi connectivity index (χ3v) is 2.45. The van der Waals surface area contributed by atoms with Crippen molar-refractivity contribution in [3.8, 4) is 0 Å². The average Bonchev–Trinajstić information content (AvgIpc) is 2.17. The van der Waals surface area contributed by atoms with Gasteiger partial charge in [0.2, 0.25) is 0 Å². The van der Waals surface area contributed by atoms with Gasteiger partial charge in [-0.15, -0.1) is 0 Å². The van der Waals surface area contributed by atoms with Crippen molar-refractivity contribution in [3.05, 3.63) is 18.1 Å². The summed E-state index contributed by atoms with van der Waals surface area (Å²) in [6.07, 6.45) is 4.74. The maximum absolute atomic E-state index is 4.42. The third-order valence-electron chi connectivity index (χ3n) is 2.45. The zero-order valence-corrected chi connectivity index (χ0v) is 10.4. The molecule has 3 heteroatoms. The van der Waals surface area contributed by atoms with Crippen LogP contribution in [-0.4, -0.2) is 23.1 Å². The predicted octanol–water partition coefficient (Wildman–Crippen LogP) is 2.52. The maximum Gasteiger partial charge on any atom is 0.147 e. The fraction of sp³-hybridized carbons (Fsp3) is 0.667. The summed E-state index contributed by atoms with van der Waals surface area (Å²) >= 11 is 0. The molecule has 0 saturated heterocycles. The summed E-state index contributed by atoms with van der Waals surface area (Å²) in [6.45, 7) is 8.67. The van der Waals surface area contributed by atoms with E-state index in [2.05, 4.69) is 42.6 Å². The number of hydrogen-bond donors (Lipinski definition) is 0. The first kappa shape index (κ1) is 12.0. The molecule has 3 nitrogen and oxygen atoms in total. The maximum atomic E-state index is 4.42. The van der Waals surface area contributed by atoms with Crippen LogP contribution in [0.1, 0.15) is 33.4 Å². The van der Waals surface area contributed by atoms with Crippen LogP contribution in [0.25, 0.3) is 0 Å². The van der Waals surface area contributed by atoms with Crippen molar-refractivity contribution in [2.24, 2.45) is 5.92 Å². The molecule has 1 aromatic rings. The van der Waals surface area contributed by atoms with Gasteiger partial charge in [-0.25, -0.2) is 4.98 Å². The SMILES string of the molecule is CC(C)Cc1cnc(N(C)C(C)C)cn1. The van der Waals surface area contributed by atoms with Crippen LogP contribution in [0.4, 0.5) is 5.82 Å². The molecule has 0 saturated carbocycles. The molecule has 0 N–H and O–H groups in total. The van der Waals surface area contributed by atoms with E-state index in [4.69, 9.17) is 0 Å². The summed E-state index contributed by atoms with van der Waals surface area (Å²) in [7, 11) is 2.04. The zero-order valence-electron chi connectivity index (χ0n) is 10.4. The molecule has 0 unspecified atom stereocenters. The van der Waals surface area contributed by atoms with Gasteiger partial charge in [-0.1, -0.05) is 13.8 Å². The molecule has 0 spiro atoms. The van der Waals surface area contributed by atoms with Gasteiger partial charge in [-0.05, 0) is 26.2 Å². The lowest BCUT2D eigenvalue weighted by Gasteiger charge is -2.22. The highest BCUT2D eigenvalue weighted by Gasteiger charge is 2.07. The Kier molecular flexibility index (Phi) is 4.06. The van der Waals surface area contributed by atoms with Gasteiger partial charge in [0.1, 0.15) is 5.82 Å². The van der Waals surface area contributed by atoms with Crippen LogP contribution in [0.2, 0.25) is 0 Å². The first-order valence-corrected chi connectivity index (χ1v) is 5.54. The Balaban J connectivity index is 2.72. The molecule has 84 valence electrons. The van der Waals surface area contributed by atoms with Gasteiger partial charge in [-0.2, -0.15) is 0 Å². The van der Waals surface area contributed by atoms with Gasteiger partial charge in [0.15, 0.2) is 0 Å². The molecular weight excluding hydrogens is 186 g/mol. The molecular formula is C12H21N3. The summed E-state index contributed by atoms with van der Waals surface area (Å²) < 4.78 is 0. The van der Waals surface area contributed by atoms with Gasteiger partial charge >= 0.3 is 0 Å². The predicted molar refractivity (Wildman–Crippen MR) is 64.1 cm³/mol. The summed E-state index contributed by atoms with van der Waals surface area (Å²) in [5.74, 6) is 1.57. The molecule has 15 heavy (non-hydrogen) atoms. The second-order valence-electron chi connectivity index (χ2n) is 4.67. The van der Waals surface area contributed by atoms with E-state index in [1.165, 1.54) is 0 Å². The Morgan fingerprint density at radius 1 is 1.13 bits per heavy atom. The van der Waals surface area contributed by atoms with Crippen molar-refractivity contribution >= 4 is 5.82 Å². The van der Waals surface area contributed by atoms with E-state index in [-0.39, 0.29) is 0 Å². The lowest BCUT2D eigenvalue weighted by Crippen LogP contribution is -2.26. The van der Waals surface area contributed by atoms with Crippen molar-refractivity contribution in [1.29, 1.82) is 0 Å². The molecule has 0 aliphatic carbocycles. The Bertz CT molecular complexity index is 290. The van der Waals surface area contributed by atoms with Crippen molar-refractivity contribution in [1.82, 2.24) is 9.97 Å². The van der Waals surface area contributed by atoms with Gasteiger partial charge in [0.05, 0.1) is 18.1 Å². The number of rotatable bonds is 4. The summed E-state index contributed by atoms with van der Waals surface area (Å²) in [5, 5.41) is 0. The molecule has 0 bridgehead atoms. The second-order valence-corrected chi connectivity index (χ2v) is 4.67. The van der Waals surface area contributed by atoms with Crippen LogP contribution in [0, 0.1) is 5.92 Å². The van der Waals surface area contributed by atoms with E-state index in [0.29, 0.717) is 12.0 Å². The highest BCUT2D eigenvalue weighted by Crippen LogP contribution is 2.11. The van der Waals surface area contributed by atoms with Crippen molar-refractivity contribution < 1.29 is 0 Å². The highest BCUT2D eigenvalue weighted by atomic mass is 15.2. The number of nitrogens with zero attached hydrogens (tertiary/aromatic N) is 3. The van der Waals surface area contributed by atoms with Crippen LogP contribution in [0.15, 0.2) is 12.4 Å². The second kappa shape index (κ2) is 5.10. The minimum atomic E-state index is 0.454. The Morgan fingerprint density at radius 3 is 2.20 bits per heavy atom.